The SMILES string of the molecule is COCC(Br)CN(C)C(=O)c1ccc(Cl)cc1Cl. The predicted octanol–water partition coefficient (Wildman–Crippen LogP) is 3.48. The first-order valence-electron chi connectivity index (χ1n) is 5.29. The summed E-state index contributed by atoms with van der Waals surface area (Å²) in [6.07, 6.45) is 0. The van der Waals surface area contributed by atoms with E-state index in [1.165, 1.54) is 0 Å². The number of amides is 1. The molecule has 0 saturated heterocycles. The van der Waals surface area contributed by atoms with Crippen LogP contribution in [0.4, 0.5) is 0 Å². The molecule has 0 fully saturated rings. The van der Waals surface area contributed by atoms with Gasteiger partial charge in [0.05, 0.1) is 22.0 Å². The van der Waals surface area contributed by atoms with E-state index in [4.69, 9.17) is 27.9 Å². The average molecular weight is 355 g/mol. The first-order valence-corrected chi connectivity index (χ1v) is 6.96. The van der Waals surface area contributed by atoms with Crippen molar-refractivity contribution in [3.63, 3.8) is 0 Å². The van der Waals surface area contributed by atoms with Gasteiger partial charge >= 0.3 is 0 Å². The van der Waals surface area contributed by atoms with Crippen LogP contribution in [0.15, 0.2) is 18.2 Å². The zero-order valence-corrected chi connectivity index (χ0v) is 13.2. The molecule has 0 aliphatic rings. The predicted molar refractivity (Wildman–Crippen MR) is 78.0 cm³/mol. The number of carbonyl (C=O) groups is 1. The third-order valence-electron chi connectivity index (χ3n) is 2.33. The Bertz CT molecular complexity index is 429. The van der Waals surface area contributed by atoms with E-state index in [1.807, 2.05) is 0 Å². The Labute approximate surface area is 125 Å². The van der Waals surface area contributed by atoms with Crippen molar-refractivity contribution < 1.29 is 9.53 Å². The summed E-state index contributed by atoms with van der Waals surface area (Å²) in [5.74, 6) is -0.141. The highest BCUT2D eigenvalue weighted by atomic mass is 79.9. The minimum atomic E-state index is -0.141. The summed E-state index contributed by atoms with van der Waals surface area (Å²) in [7, 11) is 3.34. The van der Waals surface area contributed by atoms with E-state index in [9.17, 15) is 4.79 Å². The Kier molecular flexibility index (Phi) is 6.43. The van der Waals surface area contributed by atoms with Crippen LogP contribution in [0.5, 0.6) is 0 Å². The van der Waals surface area contributed by atoms with Gasteiger partial charge in [-0.25, -0.2) is 0 Å². The lowest BCUT2D eigenvalue weighted by molar-refractivity contribution is 0.0784. The second kappa shape index (κ2) is 7.34. The first-order chi connectivity index (χ1) is 8.45. The van der Waals surface area contributed by atoms with Crippen LogP contribution >= 0.6 is 39.1 Å². The topological polar surface area (TPSA) is 29.5 Å². The maximum atomic E-state index is 12.2. The molecule has 3 nitrogen and oxygen atoms in total. The van der Waals surface area contributed by atoms with Gasteiger partial charge in [-0.3, -0.25) is 4.79 Å². The van der Waals surface area contributed by atoms with Gasteiger partial charge in [-0.2, -0.15) is 0 Å². The molecular formula is C12H14BrCl2NO2. The minimum Gasteiger partial charge on any atom is -0.383 e. The zero-order valence-electron chi connectivity index (χ0n) is 10.1. The number of ether oxygens (including phenoxy) is 1. The van der Waals surface area contributed by atoms with Crippen molar-refractivity contribution in [3.8, 4) is 0 Å². The summed E-state index contributed by atoms with van der Waals surface area (Å²) in [5.41, 5.74) is 0.445. The van der Waals surface area contributed by atoms with Gasteiger partial charge < -0.3 is 9.64 Å². The number of rotatable bonds is 5. The molecule has 0 aromatic heterocycles. The molecule has 18 heavy (non-hydrogen) atoms. The number of halogens is 3. The lowest BCUT2D eigenvalue weighted by Gasteiger charge is -2.20. The van der Waals surface area contributed by atoms with Crippen LogP contribution in [0.1, 0.15) is 10.4 Å². The van der Waals surface area contributed by atoms with E-state index in [0.29, 0.717) is 28.8 Å². The van der Waals surface area contributed by atoms with Gasteiger partial charge in [-0.05, 0) is 18.2 Å². The van der Waals surface area contributed by atoms with Crippen LogP contribution in [0, 0.1) is 0 Å². The highest BCUT2D eigenvalue weighted by Gasteiger charge is 2.17. The standard InChI is InChI=1S/C12H14BrCl2NO2/c1-16(6-8(13)7-18-2)12(17)10-4-3-9(14)5-11(10)15/h3-5,8H,6-7H2,1-2H3. The number of nitrogens with zero attached hydrogens (tertiary/aromatic N) is 1. The third-order valence-corrected chi connectivity index (χ3v) is 3.43. The molecule has 100 valence electrons. The van der Waals surface area contributed by atoms with E-state index in [-0.39, 0.29) is 10.7 Å². The van der Waals surface area contributed by atoms with Gasteiger partial charge in [0.1, 0.15) is 0 Å². The Hall–Kier alpha value is -0.290. The quantitative estimate of drug-likeness (QED) is 0.757. The van der Waals surface area contributed by atoms with Gasteiger partial charge in [0.2, 0.25) is 0 Å². The van der Waals surface area contributed by atoms with Crippen molar-refractivity contribution in [1.82, 2.24) is 4.90 Å². The van der Waals surface area contributed by atoms with Crippen LogP contribution in [0.3, 0.4) is 0 Å². The average Bonchev–Trinajstić information content (AvgIpc) is 2.28. The Morgan fingerprint density at radius 2 is 2.17 bits per heavy atom. The molecule has 1 amide bonds. The van der Waals surface area contributed by atoms with Crippen molar-refractivity contribution in [2.45, 2.75) is 4.83 Å². The highest BCUT2D eigenvalue weighted by molar-refractivity contribution is 9.09. The van der Waals surface area contributed by atoms with E-state index >= 15 is 0 Å². The molecule has 1 unspecified atom stereocenters. The fourth-order valence-electron chi connectivity index (χ4n) is 1.48. The number of alkyl halides is 1. The van der Waals surface area contributed by atoms with E-state index in [0.717, 1.165) is 0 Å². The first kappa shape index (κ1) is 15.8. The molecule has 0 spiro atoms. The molecule has 6 heteroatoms. The number of hydrogen-bond acceptors (Lipinski definition) is 2. The van der Waals surface area contributed by atoms with E-state index in [2.05, 4.69) is 15.9 Å². The van der Waals surface area contributed by atoms with Crippen LogP contribution < -0.4 is 0 Å². The minimum absolute atomic E-state index is 0.0857. The second-order valence-corrected chi connectivity index (χ2v) is 6.00. The maximum Gasteiger partial charge on any atom is 0.255 e. The molecule has 0 radical (unpaired) electrons. The van der Waals surface area contributed by atoms with Crippen LogP contribution in [-0.4, -0.2) is 42.9 Å². The van der Waals surface area contributed by atoms with Gasteiger partial charge in [-0.1, -0.05) is 39.1 Å². The smallest absolute Gasteiger partial charge is 0.255 e. The number of benzene rings is 1. The molecule has 0 saturated carbocycles. The molecule has 1 aromatic rings. The van der Waals surface area contributed by atoms with E-state index < -0.39 is 0 Å². The third kappa shape index (κ3) is 4.43. The van der Waals surface area contributed by atoms with Crippen LogP contribution in [0.2, 0.25) is 10.0 Å². The number of hydrogen-bond donors (Lipinski definition) is 0. The number of methoxy groups -OCH3 is 1. The fourth-order valence-corrected chi connectivity index (χ4v) is 2.67. The number of carbonyl (C=O) groups excluding carboxylic acids is 1. The Morgan fingerprint density at radius 3 is 2.72 bits per heavy atom. The molecule has 1 aromatic carbocycles. The van der Waals surface area contributed by atoms with Gasteiger partial charge in [-0.15, -0.1) is 0 Å². The molecule has 1 atom stereocenters. The zero-order chi connectivity index (χ0) is 13.7. The van der Waals surface area contributed by atoms with Crippen molar-refractivity contribution in [3.05, 3.63) is 33.8 Å². The fraction of sp³-hybridized carbons (Fsp3) is 0.417. The monoisotopic (exact) mass is 353 g/mol. The van der Waals surface area contributed by atoms with Crippen molar-refractivity contribution >= 4 is 45.0 Å². The Morgan fingerprint density at radius 1 is 1.50 bits per heavy atom. The van der Waals surface area contributed by atoms with Gasteiger partial charge in [0, 0.05) is 25.7 Å². The van der Waals surface area contributed by atoms with Crippen LogP contribution in [0.25, 0.3) is 0 Å². The largest absolute Gasteiger partial charge is 0.383 e. The molecule has 0 aliphatic heterocycles. The Balaban J connectivity index is 2.74. The van der Waals surface area contributed by atoms with E-state index in [1.54, 1.807) is 37.3 Å². The molecule has 0 N–H and O–H groups in total. The highest BCUT2D eigenvalue weighted by Crippen LogP contribution is 2.22. The van der Waals surface area contributed by atoms with Crippen LogP contribution in [-0.2, 0) is 4.74 Å². The van der Waals surface area contributed by atoms with Crippen molar-refractivity contribution in [2.24, 2.45) is 0 Å². The normalized spacial score (nSPS) is 12.3. The summed E-state index contributed by atoms with van der Waals surface area (Å²) in [6.45, 7) is 1.07. The summed E-state index contributed by atoms with van der Waals surface area (Å²) < 4.78 is 5.00. The van der Waals surface area contributed by atoms with Gasteiger partial charge in [0.25, 0.3) is 5.91 Å². The summed E-state index contributed by atoms with van der Waals surface area (Å²) >= 11 is 15.2. The molecule has 0 heterocycles. The van der Waals surface area contributed by atoms with Gasteiger partial charge in [0.15, 0.2) is 0 Å². The maximum absolute atomic E-state index is 12.2. The lowest BCUT2D eigenvalue weighted by Crippen LogP contribution is -2.33. The second-order valence-electron chi connectivity index (χ2n) is 3.86. The lowest BCUT2D eigenvalue weighted by atomic mass is 10.2. The van der Waals surface area contributed by atoms with Crippen molar-refractivity contribution in [2.75, 3.05) is 27.3 Å². The molecule has 1 rings (SSSR count). The summed E-state index contributed by atoms with van der Waals surface area (Å²) in [5, 5.41) is 0.870. The molecule has 0 aliphatic carbocycles. The summed E-state index contributed by atoms with van der Waals surface area (Å²) in [4.78, 5) is 13.8. The summed E-state index contributed by atoms with van der Waals surface area (Å²) in [6, 6.07) is 4.84. The molecule has 0 bridgehead atoms. The van der Waals surface area contributed by atoms with Crippen molar-refractivity contribution in [1.29, 1.82) is 0 Å². The molecular weight excluding hydrogens is 341 g/mol.